The summed E-state index contributed by atoms with van der Waals surface area (Å²) in [4.78, 5) is 25.3. The molecule has 0 atom stereocenters. The molecule has 0 spiro atoms. The number of thioether (sulfide) groups is 1. The number of esters is 1. The van der Waals surface area contributed by atoms with Crippen LogP contribution in [0.15, 0.2) is 71.6 Å². The van der Waals surface area contributed by atoms with E-state index in [0.29, 0.717) is 11.1 Å². The van der Waals surface area contributed by atoms with Crippen LogP contribution in [0.2, 0.25) is 0 Å². The van der Waals surface area contributed by atoms with Crippen LogP contribution in [0.4, 0.5) is 0 Å². The lowest BCUT2D eigenvalue weighted by molar-refractivity contribution is 0.0475. The Morgan fingerprint density at radius 2 is 1.58 bits per heavy atom. The SMILES string of the molecule is CSc1ccc2cc(C(=O)COC(=O)c3ccccc3)ccc2c1. The van der Waals surface area contributed by atoms with Gasteiger partial charge in [0.2, 0.25) is 0 Å². The minimum absolute atomic E-state index is 0.213. The normalized spacial score (nSPS) is 10.5. The number of benzene rings is 3. The number of ketones is 1. The van der Waals surface area contributed by atoms with E-state index in [-0.39, 0.29) is 12.4 Å². The van der Waals surface area contributed by atoms with E-state index >= 15 is 0 Å². The first-order valence-electron chi connectivity index (χ1n) is 7.50. The summed E-state index contributed by atoms with van der Waals surface area (Å²) in [5.74, 6) is -0.704. The lowest BCUT2D eigenvalue weighted by Crippen LogP contribution is -2.14. The second-order valence-electron chi connectivity index (χ2n) is 5.29. The Morgan fingerprint density at radius 1 is 0.875 bits per heavy atom. The number of ether oxygens (including phenoxy) is 1. The molecule has 3 aromatic carbocycles. The summed E-state index contributed by atoms with van der Waals surface area (Å²) >= 11 is 1.68. The number of carbonyl (C=O) groups excluding carboxylic acids is 2. The van der Waals surface area contributed by atoms with Crippen molar-refractivity contribution in [3.8, 4) is 0 Å². The van der Waals surface area contributed by atoms with E-state index in [1.165, 1.54) is 4.90 Å². The zero-order valence-electron chi connectivity index (χ0n) is 13.2. The monoisotopic (exact) mass is 336 g/mol. The van der Waals surface area contributed by atoms with Crippen LogP contribution in [0, 0.1) is 0 Å². The summed E-state index contributed by atoms with van der Waals surface area (Å²) in [6.07, 6.45) is 2.03. The molecule has 0 aliphatic rings. The van der Waals surface area contributed by atoms with E-state index in [1.807, 2.05) is 36.6 Å². The van der Waals surface area contributed by atoms with Crippen LogP contribution in [0.3, 0.4) is 0 Å². The standard InChI is InChI=1S/C20H16O3S/c1-24-18-10-9-15-11-17(8-7-16(15)12-18)19(21)13-23-20(22)14-5-3-2-4-6-14/h2-12H,13H2,1H3. The van der Waals surface area contributed by atoms with Crippen molar-refractivity contribution in [1.82, 2.24) is 0 Å². The highest BCUT2D eigenvalue weighted by atomic mass is 32.2. The molecular formula is C20H16O3S. The van der Waals surface area contributed by atoms with E-state index in [0.717, 1.165) is 10.8 Å². The Labute approximate surface area is 144 Å². The fraction of sp³-hybridized carbons (Fsp3) is 0.100. The fourth-order valence-corrected chi connectivity index (χ4v) is 2.85. The number of fused-ring (bicyclic) bond motifs is 1. The molecule has 0 aliphatic carbocycles. The maximum Gasteiger partial charge on any atom is 0.338 e. The maximum atomic E-state index is 12.3. The Morgan fingerprint density at radius 3 is 2.33 bits per heavy atom. The molecule has 4 heteroatoms. The third-order valence-corrected chi connectivity index (χ3v) is 4.44. The summed E-state index contributed by atoms with van der Waals surface area (Å²) in [6.45, 7) is -0.262. The third kappa shape index (κ3) is 3.66. The summed E-state index contributed by atoms with van der Waals surface area (Å²) < 4.78 is 5.10. The third-order valence-electron chi connectivity index (χ3n) is 3.71. The maximum absolute atomic E-state index is 12.3. The smallest absolute Gasteiger partial charge is 0.338 e. The Bertz CT molecular complexity index is 888. The Hall–Kier alpha value is -2.59. The van der Waals surface area contributed by atoms with Crippen molar-refractivity contribution in [3.63, 3.8) is 0 Å². The lowest BCUT2D eigenvalue weighted by Gasteiger charge is -2.06. The largest absolute Gasteiger partial charge is 0.454 e. The summed E-state index contributed by atoms with van der Waals surface area (Å²) in [6, 6.07) is 20.3. The molecule has 0 saturated carbocycles. The first-order valence-corrected chi connectivity index (χ1v) is 8.73. The van der Waals surface area contributed by atoms with Gasteiger partial charge in [-0.2, -0.15) is 0 Å². The van der Waals surface area contributed by atoms with Crippen molar-refractivity contribution in [2.24, 2.45) is 0 Å². The number of hydrogen-bond donors (Lipinski definition) is 0. The molecule has 0 unspecified atom stereocenters. The van der Waals surface area contributed by atoms with E-state index < -0.39 is 5.97 Å². The number of Topliss-reactive ketones (excluding diaryl/α,β-unsaturated/α-hetero) is 1. The number of hydrogen-bond acceptors (Lipinski definition) is 4. The zero-order valence-corrected chi connectivity index (χ0v) is 14.0. The van der Waals surface area contributed by atoms with Crippen molar-refractivity contribution in [2.75, 3.05) is 12.9 Å². The van der Waals surface area contributed by atoms with Crippen LogP contribution in [0.5, 0.6) is 0 Å². The fourth-order valence-electron chi connectivity index (χ4n) is 2.40. The molecule has 0 aromatic heterocycles. The Balaban J connectivity index is 1.71. The number of carbonyl (C=O) groups is 2. The van der Waals surface area contributed by atoms with Crippen LogP contribution in [-0.2, 0) is 4.74 Å². The van der Waals surface area contributed by atoms with Gasteiger partial charge in [0.25, 0.3) is 0 Å². The highest BCUT2D eigenvalue weighted by Gasteiger charge is 2.12. The average Bonchev–Trinajstić information content (AvgIpc) is 2.65. The second-order valence-corrected chi connectivity index (χ2v) is 6.17. The van der Waals surface area contributed by atoms with Crippen LogP contribution in [-0.4, -0.2) is 24.6 Å². The molecule has 3 rings (SSSR count). The molecule has 0 bridgehead atoms. The van der Waals surface area contributed by atoms with Gasteiger partial charge in [-0.05, 0) is 47.4 Å². The number of rotatable bonds is 5. The molecule has 0 N–H and O–H groups in total. The first kappa shape index (κ1) is 16.3. The molecule has 3 nitrogen and oxygen atoms in total. The van der Waals surface area contributed by atoms with Crippen LogP contribution in [0.1, 0.15) is 20.7 Å². The van der Waals surface area contributed by atoms with Gasteiger partial charge in [-0.15, -0.1) is 11.8 Å². The van der Waals surface area contributed by atoms with Gasteiger partial charge < -0.3 is 4.74 Å². The highest BCUT2D eigenvalue weighted by Crippen LogP contribution is 2.23. The molecule has 0 aliphatic heterocycles. The van der Waals surface area contributed by atoms with Crippen LogP contribution < -0.4 is 0 Å². The van der Waals surface area contributed by atoms with E-state index in [4.69, 9.17) is 4.74 Å². The van der Waals surface area contributed by atoms with Crippen molar-refractivity contribution in [1.29, 1.82) is 0 Å². The van der Waals surface area contributed by atoms with Gasteiger partial charge in [0, 0.05) is 10.5 Å². The molecule has 0 radical (unpaired) electrons. The molecule has 0 fully saturated rings. The summed E-state index contributed by atoms with van der Waals surface area (Å²) in [5.41, 5.74) is 0.980. The second kappa shape index (κ2) is 7.32. The van der Waals surface area contributed by atoms with Crippen molar-refractivity contribution < 1.29 is 14.3 Å². The van der Waals surface area contributed by atoms with Gasteiger partial charge in [-0.25, -0.2) is 4.79 Å². The van der Waals surface area contributed by atoms with Gasteiger partial charge >= 0.3 is 5.97 Å². The molecular weight excluding hydrogens is 320 g/mol. The van der Waals surface area contributed by atoms with E-state index in [1.54, 1.807) is 42.1 Å². The Kier molecular flexibility index (Phi) is 4.96. The predicted molar refractivity (Wildman–Crippen MR) is 96.8 cm³/mol. The topological polar surface area (TPSA) is 43.4 Å². The lowest BCUT2D eigenvalue weighted by atomic mass is 10.0. The van der Waals surface area contributed by atoms with Gasteiger partial charge in [0.1, 0.15) is 0 Å². The van der Waals surface area contributed by atoms with Gasteiger partial charge in [0.05, 0.1) is 5.56 Å². The molecule has 0 heterocycles. The van der Waals surface area contributed by atoms with Gasteiger partial charge in [-0.3, -0.25) is 4.79 Å². The van der Waals surface area contributed by atoms with Crippen molar-refractivity contribution in [2.45, 2.75) is 4.90 Å². The van der Waals surface area contributed by atoms with Crippen LogP contribution >= 0.6 is 11.8 Å². The zero-order chi connectivity index (χ0) is 16.9. The molecule has 3 aromatic rings. The van der Waals surface area contributed by atoms with Crippen molar-refractivity contribution in [3.05, 3.63) is 77.9 Å². The van der Waals surface area contributed by atoms with E-state index in [9.17, 15) is 9.59 Å². The molecule has 120 valence electrons. The first-order chi connectivity index (χ1) is 11.7. The average molecular weight is 336 g/mol. The van der Waals surface area contributed by atoms with Gasteiger partial charge in [0.15, 0.2) is 12.4 Å². The minimum atomic E-state index is -0.491. The highest BCUT2D eigenvalue weighted by molar-refractivity contribution is 7.98. The minimum Gasteiger partial charge on any atom is -0.454 e. The molecule has 24 heavy (non-hydrogen) atoms. The summed E-state index contributed by atoms with van der Waals surface area (Å²) in [7, 11) is 0. The molecule has 0 amide bonds. The quantitative estimate of drug-likeness (QED) is 0.388. The van der Waals surface area contributed by atoms with Crippen LogP contribution in [0.25, 0.3) is 10.8 Å². The van der Waals surface area contributed by atoms with E-state index in [2.05, 4.69) is 6.07 Å². The van der Waals surface area contributed by atoms with Crippen molar-refractivity contribution >= 4 is 34.3 Å². The molecule has 0 saturated heterocycles. The van der Waals surface area contributed by atoms with Gasteiger partial charge in [-0.1, -0.05) is 36.4 Å². The summed E-state index contributed by atoms with van der Waals surface area (Å²) in [5, 5.41) is 2.08. The predicted octanol–water partition coefficient (Wildman–Crippen LogP) is 4.60.